The van der Waals surface area contributed by atoms with E-state index in [1.807, 2.05) is 32.9 Å². The van der Waals surface area contributed by atoms with Gasteiger partial charge in [-0.1, -0.05) is 0 Å². The minimum absolute atomic E-state index is 0.454. The molecule has 1 aliphatic carbocycles. The Morgan fingerprint density at radius 1 is 1.26 bits per heavy atom. The van der Waals surface area contributed by atoms with Crippen molar-refractivity contribution in [2.24, 2.45) is 5.92 Å². The smallest absolute Gasteiger partial charge is 0.412 e. The second-order valence-corrected chi connectivity index (χ2v) is 7.08. The lowest BCUT2D eigenvalue weighted by atomic mass is 10.2. The topological polar surface area (TPSA) is 59.6 Å². The zero-order valence-corrected chi connectivity index (χ0v) is 14.5. The van der Waals surface area contributed by atoms with Crippen molar-refractivity contribution in [2.75, 3.05) is 18.5 Å². The lowest BCUT2D eigenvalue weighted by Gasteiger charge is -2.19. The molecule has 0 saturated heterocycles. The van der Waals surface area contributed by atoms with Gasteiger partial charge in [0.2, 0.25) is 0 Å². The van der Waals surface area contributed by atoms with Crippen LogP contribution in [0.25, 0.3) is 0 Å². The van der Waals surface area contributed by atoms with Crippen molar-refractivity contribution in [1.82, 2.24) is 5.32 Å². The van der Waals surface area contributed by atoms with Gasteiger partial charge in [-0.15, -0.1) is 0 Å². The van der Waals surface area contributed by atoms with E-state index in [0.29, 0.717) is 18.3 Å². The summed E-state index contributed by atoms with van der Waals surface area (Å²) in [4.78, 5) is 11.7. The monoisotopic (exact) mass is 320 g/mol. The molecule has 1 aromatic carbocycles. The van der Waals surface area contributed by atoms with E-state index in [2.05, 4.69) is 17.6 Å². The van der Waals surface area contributed by atoms with E-state index in [1.54, 1.807) is 12.1 Å². The number of anilines is 1. The highest BCUT2D eigenvalue weighted by Gasteiger charge is 2.27. The predicted octanol–water partition coefficient (Wildman–Crippen LogP) is 3.80. The third-order valence-corrected chi connectivity index (χ3v) is 3.67. The van der Waals surface area contributed by atoms with Crippen molar-refractivity contribution in [3.63, 3.8) is 0 Å². The molecule has 128 valence electrons. The standard InChI is InChI=1S/C18H28N2O3/c1-13(14-5-6-14)19-11-12-22-16-9-7-15(8-10-16)20-17(21)23-18(2,3)4/h7-10,13-14,19H,5-6,11-12H2,1-4H3,(H,20,21). The van der Waals surface area contributed by atoms with Crippen LogP contribution in [0.1, 0.15) is 40.5 Å². The number of rotatable bonds is 7. The van der Waals surface area contributed by atoms with Crippen molar-refractivity contribution < 1.29 is 14.3 Å². The third-order valence-electron chi connectivity index (χ3n) is 3.67. The van der Waals surface area contributed by atoms with Crippen LogP contribution in [-0.4, -0.2) is 30.9 Å². The molecular weight excluding hydrogens is 292 g/mol. The highest BCUT2D eigenvalue weighted by Crippen LogP contribution is 2.32. The molecule has 5 nitrogen and oxygen atoms in total. The summed E-state index contributed by atoms with van der Waals surface area (Å²) in [6.07, 6.45) is 2.24. The summed E-state index contributed by atoms with van der Waals surface area (Å²) < 4.78 is 10.9. The van der Waals surface area contributed by atoms with Gasteiger partial charge in [0.1, 0.15) is 18.0 Å². The first-order valence-corrected chi connectivity index (χ1v) is 8.30. The Bertz CT molecular complexity index is 504. The second kappa shape index (κ2) is 7.68. The maximum atomic E-state index is 11.7. The second-order valence-electron chi connectivity index (χ2n) is 7.08. The third kappa shape index (κ3) is 6.91. The zero-order chi connectivity index (χ0) is 16.9. The summed E-state index contributed by atoms with van der Waals surface area (Å²) in [5, 5.41) is 6.17. The molecule has 0 heterocycles. The molecule has 1 unspecified atom stereocenters. The van der Waals surface area contributed by atoms with Gasteiger partial charge >= 0.3 is 6.09 Å². The van der Waals surface area contributed by atoms with Crippen LogP contribution >= 0.6 is 0 Å². The molecule has 1 saturated carbocycles. The average molecular weight is 320 g/mol. The van der Waals surface area contributed by atoms with E-state index in [4.69, 9.17) is 9.47 Å². The quantitative estimate of drug-likeness (QED) is 0.750. The molecule has 5 heteroatoms. The van der Waals surface area contributed by atoms with Crippen LogP contribution < -0.4 is 15.4 Å². The number of amides is 1. The van der Waals surface area contributed by atoms with Gasteiger partial charge in [0.05, 0.1) is 0 Å². The highest BCUT2D eigenvalue weighted by atomic mass is 16.6. The Morgan fingerprint density at radius 2 is 1.91 bits per heavy atom. The van der Waals surface area contributed by atoms with E-state index >= 15 is 0 Å². The van der Waals surface area contributed by atoms with E-state index < -0.39 is 11.7 Å². The average Bonchev–Trinajstić information content (AvgIpc) is 3.27. The summed E-state index contributed by atoms with van der Waals surface area (Å²) in [7, 11) is 0. The molecule has 1 fully saturated rings. The van der Waals surface area contributed by atoms with Crippen LogP contribution in [0.15, 0.2) is 24.3 Å². The van der Waals surface area contributed by atoms with Crippen molar-refractivity contribution in [3.8, 4) is 5.75 Å². The van der Waals surface area contributed by atoms with Crippen LogP contribution in [-0.2, 0) is 4.74 Å². The molecule has 0 aliphatic heterocycles. The van der Waals surface area contributed by atoms with Crippen LogP contribution in [0.4, 0.5) is 10.5 Å². The van der Waals surface area contributed by atoms with E-state index in [-0.39, 0.29) is 0 Å². The maximum Gasteiger partial charge on any atom is 0.412 e. The molecule has 1 amide bonds. The minimum atomic E-state index is -0.502. The van der Waals surface area contributed by atoms with Gasteiger partial charge in [-0.2, -0.15) is 0 Å². The predicted molar refractivity (Wildman–Crippen MR) is 92.0 cm³/mol. The number of hydrogen-bond donors (Lipinski definition) is 2. The molecule has 1 aliphatic rings. The normalized spacial score (nSPS) is 15.8. The molecule has 0 spiro atoms. The molecule has 2 rings (SSSR count). The molecular formula is C18H28N2O3. The number of ether oxygens (including phenoxy) is 2. The SMILES string of the molecule is CC(NCCOc1ccc(NC(=O)OC(C)(C)C)cc1)C1CC1. The van der Waals surface area contributed by atoms with Crippen molar-refractivity contribution >= 4 is 11.8 Å². The van der Waals surface area contributed by atoms with Gasteiger partial charge < -0.3 is 14.8 Å². The van der Waals surface area contributed by atoms with Gasteiger partial charge in [0.25, 0.3) is 0 Å². The molecule has 0 aromatic heterocycles. The zero-order valence-electron chi connectivity index (χ0n) is 14.5. The Labute approximate surface area is 138 Å². The summed E-state index contributed by atoms with van der Waals surface area (Å²) in [5.41, 5.74) is 0.185. The Hall–Kier alpha value is -1.75. The summed E-state index contributed by atoms with van der Waals surface area (Å²) in [6.45, 7) is 9.21. The minimum Gasteiger partial charge on any atom is -0.492 e. The lowest BCUT2D eigenvalue weighted by molar-refractivity contribution is 0.0636. The molecule has 0 radical (unpaired) electrons. The number of carbonyl (C=O) groups excluding carboxylic acids is 1. The fraction of sp³-hybridized carbons (Fsp3) is 0.611. The van der Waals surface area contributed by atoms with Crippen LogP contribution in [0, 0.1) is 5.92 Å². The summed E-state index contributed by atoms with van der Waals surface area (Å²) in [6, 6.07) is 7.88. The van der Waals surface area contributed by atoms with Crippen molar-refractivity contribution in [1.29, 1.82) is 0 Å². The van der Waals surface area contributed by atoms with Gasteiger partial charge in [-0.3, -0.25) is 5.32 Å². The first-order valence-electron chi connectivity index (χ1n) is 8.30. The van der Waals surface area contributed by atoms with Crippen molar-refractivity contribution in [2.45, 2.75) is 52.2 Å². The van der Waals surface area contributed by atoms with Crippen molar-refractivity contribution in [3.05, 3.63) is 24.3 Å². The molecule has 0 bridgehead atoms. The van der Waals surface area contributed by atoms with Crippen LogP contribution in [0.3, 0.4) is 0 Å². The van der Waals surface area contributed by atoms with E-state index in [9.17, 15) is 4.79 Å². The summed E-state index contributed by atoms with van der Waals surface area (Å²) in [5.74, 6) is 1.65. The van der Waals surface area contributed by atoms with E-state index in [1.165, 1.54) is 12.8 Å². The highest BCUT2D eigenvalue weighted by molar-refractivity contribution is 5.84. The lowest BCUT2D eigenvalue weighted by Crippen LogP contribution is -2.31. The Morgan fingerprint density at radius 3 is 2.48 bits per heavy atom. The molecule has 1 aromatic rings. The molecule has 1 atom stereocenters. The van der Waals surface area contributed by atoms with Gasteiger partial charge in [-0.25, -0.2) is 4.79 Å². The molecule has 23 heavy (non-hydrogen) atoms. The Balaban J connectivity index is 1.68. The van der Waals surface area contributed by atoms with Gasteiger partial charge in [0.15, 0.2) is 0 Å². The Kier molecular flexibility index (Phi) is 5.88. The van der Waals surface area contributed by atoms with Gasteiger partial charge in [-0.05, 0) is 70.7 Å². The largest absolute Gasteiger partial charge is 0.492 e. The maximum absolute atomic E-state index is 11.7. The van der Waals surface area contributed by atoms with E-state index in [0.717, 1.165) is 18.2 Å². The first kappa shape index (κ1) is 17.6. The number of nitrogens with one attached hydrogen (secondary N) is 2. The number of carbonyl (C=O) groups is 1. The number of hydrogen-bond acceptors (Lipinski definition) is 4. The van der Waals surface area contributed by atoms with Crippen LogP contribution in [0.5, 0.6) is 5.75 Å². The summed E-state index contributed by atoms with van der Waals surface area (Å²) >= 11 is 0. The fourth-order valence-corrected chi connectivity index (χ4v) is 2.27. The number of benzene rings is 1. The van der Waals surface area contributed by atoms with Crippen LogP contribution in [0.2, 0.25) is 0 Å². The fourth-order valence-electron chi connectivity index (χ4n) is 2.27. The molecule has 2 N–H and O–H groups in total. The van der Waals surface area contributed by atoms with Gasteiger partial charge in [0, 0.05) is 18.3 Å². The first-order chi connectivity index (χ1) is 10.8.